The number of nitrogens with zero attached hydrogens (tertiary/aromatic N) is 2. The average Bonchev–Trinajstić information content (AvgIpc) is 2.59. The SMILES string of the molecule is Cn1ncc2cccc(C(C)(C)CC(=O)O)c21. The van der Waals surface area contributed by atoms with Crippen molar-refractivity contribution >= 4 is 16.9 Å². The van der Waals surface area contributed by atoms with E-state index in [1.165, 1.54) is 0 Å². The highest BCUT2D eigenvalue weighted by molar-refractivity contribution is 5.83. The van der Waals surface area contributed by atoms with Crippen LogP contribution in [0.15, 0.2) is 24.4 Å². The molecule has 0 aliphatic heterocycles. The van der Waals surface area contributed by atoms with Gasteiger partial charge in [-0.05, 0) is 5.56 Å². The summed E-state index contributed by atoms with van der Waals surface area (Å²) in [5.41, 5.74) is 1.63. The van der Waals surface area contributed by atoms with Gasteiger partial charge in [-0.25, -0.2) is 0 Å². The lowest BCUT2D eigenvalue weighted by Crippen LogP contribution is -2.22. The number of para-hydroxylation sites is 1. The second kappa shape index (κ2) is 3.87. The van der Waals surface area contributed by atoms with Gasteiger partial charge in [0.25, 0.3) is 0 Å². The second-order valence-corrected chi connectivity index (χ2v) is 4.97. The number of carboxylic acids is 1. The quantitative estimate of drug-likeness (QED) is 0.883. The maximum absolute atomic E-state index is 10.9. The Morgan fingerprint density at radius 2 is 2.18 bits per heavy atom. The van der Waals surface area contributed by atoms with Gasteiger partial charge in [-0.15, -0.1) is 0 Å². The van der Waals surface area contributed by atoms with Crippen LogP contribution in [-0.4, -0.2) is 20.9 Å². The number of fused-ring (bicyclic) bond motifs is 1. The Kier molecular flexibility index (Phi) is 2.65. The molecule has 90 valence electrons. The van der Waals surface area contributed by atoms with Crippen LogP contribution in [-0.2, 0) is 17.3 Å². The zero-order valence-corrected chi connectivity index (χ0v) is 10.3. The molecule has 0 spiro atoms. The summed E-state index contributed by atoms with van der Waals surface area (Å²) >= 11 is 0. The maximum Gasteiger partial charge on any atom is 0.304 e. The molecule has 17 heavy (non-hydrogen) atoms. The van der Waals surface area contributed by atoms with Gasteiger partial charge in [0.15, 0.2) is 0 Å². The van der Waals surface area contributed by atoms with E-state index >= 15 is 0 Å². The first-order valence-electron chi connectivity index (χ1n) is 5.55. The van der Waals surface area contributed by atoms with Crippen LogP contribution >= 0.6 is 0 Å². The number of rotatable bonds is 3. The van der Waals surface area contributed by atoms with Crippen molar-refractivity contribution in [1.29, 1.82) is 0 Å². The van der Waals surface area contributed by atoms with E-state index in [9.17, 15) is 4.79 Å². The molecule has 0 aliphatic carbocycles. The standard InChI is InChI=1S/C13H16N2O2/c1-13(2,7-11(16)17)10-6-4-5-9-8-14-15(3)12(9)10/h4-6,8H,7H2,1-3H3,(H,16,17). The van der Waals surface area contributed by atoms with Crippen LogP contribution in [0.25, 0.3) is 10.9 Å². The van der Waals surface area contributed by atoms with E-state index in [0.29, 0.717) is 0 Å². The predicted molar refractivity (Wildman–Crippen MR) is 66.0 cm³/mol. The summed E-state index contributed by atoms with van der Waals surface area (Å²) in [4.78, 5) is 10.9. The molecule has 0 bridgehead atoms. The number of benzene rings is 1. The molecule has 4 heteroatoms. The highest BCUT2D eigenvalue weighted by Gasteiger charge is 2.27. The van der Waals surface area contributed by atoms with E-state index in [2.05, 4.69) is 5.10 Å². The smallest absolute Gasteiger partial charge is 0.304 e. The summed E-state index contributed by atoms with van der Waals surface area (Å²) in [6.45, 7) is 3.89. The van der Waals surface area contributed by atoms with Crippen molar-refractivity contribution in [3.63, 3.8) is 0 Å². The van der Waals surface area contributed by atoms with Gasteiger partial charge in [0.2, 0.25) is 0 Å². The lowest BCUT2D eigenvalue weighted by Gasteiger charge is -2.24. The van der Waals surface area contributed by atoms with Crippen LogP contribution < -0.4 is 0 Å². The largest absolute Gasteiger partial charge is 0.481 e. The van der Waals surface area contributed by atoms with Gasteiger partial charge in [0.1, 0.15) is 0 Å². The number of hydrogen-bond donors (Lipinski definition) is 1. The van der Waals surface area contributed by atoms with E-state index in [4.69, 9.17) is 5.11 Å². The van der Waals surface area contributed by atoms with E-state index in [-0.39, 0.29) is 6.42 Å². The summed E-state index contributed by atoms with van der Waals surface area (Å²) in [5.74, 6) is -0.783. The van der Waals surface area contributed by atoms with Crippen LogP contribution in [0.1, 0.15) is 25.8 Å². The third kappa shape index (κ3) is 2.02. The van der Waals surface area contributed by atoms with Crippen LogP contribution in [0, 0.1) is 0 Å². The minimum Gasteiger partial charge on any atom is -0.481 e. The molecular formula is C13H16N2O2. The van der Waals surface area contributed by atoms with Gasteiger partial charge in [-0.1, -0.05) is 32.0 Å². The number of carbonyl (C=O) groups is 1. The summed E-state index contributed by atoms with van der Waals surface area (Å²) in [6.07, 6.45) is 1.91. The third-order valence-electron chi connectivity index (χ3n) is 3.08. The van der Waals surface area contributed by atoms with Crippen LogP contribution in [0.5, 0.6) is 0 Å². The van der Waals surface area contributed by atoms with Crippen molar-refractivity contribution in [1.82, 2.24) is 9.78 Å². The molecular weight excluding hydrogens is 216 g/mol. The van der Waals surface area contributed by atoms with Crippen molar-refractivity contribution < 1.29 is 9.90 Å². The second-order valence-electron chi connectivity index (χ2n) is 4.97. The summed E-state index contributed by atoms with van der Waals surface area (Å²) in [5, 5.41) is 14.2. The van der Waals surface area contributed by atoms with Crippen LogP contribution in [0.4, 0.5) is 0 Å². The maximum atomic E-state index is 10.9. The molecule has 4 nitrogen and oxygen atoms in total. The minimum atomic E-state index is -0.783. The molecule has 1 N–H and O–H groups in total. The Labute approximate surface area is 99.9 Å². The van der Waals surface area contributed by atoms with Gasteiger partial charge in [0, 0.05) is 17.8 Å². The van der Waals surface area contributed by atoms with Crippen molar-refractivity contribution in [2.24, 2.45) is 7.05 Å². The molecule has 1 aromatic carbocycles. The molecule has 1 heterocycles. The molecule has 0 unspecified atom stereocenters. The van der Waals surface area contributed by atoms with Gasteiger partial charge in [-0.3, -0.25) is 9.48 Å². The first-order chi connectivity index (χ1) is 7.92. The van der Waals surface area contributed by atoms with E-state index in [0.717, 1.165) is 16.5 Å². The van der Waals surface area contributed by atoms with Gasteiger partial charge in [-0.2, -0.15) is 5.10 Å². The lowest BCUT2D eigenvalue weighted by molar-refractivity contribution is -0.138. The number of hydrogen-bond acceptors (Lipinski definition) is 2. The van der Waals surface area contributed by atoms with Crippen molar-refractivity contribution in [2.75, 3.05) is 0 Å². The summed E-state index contributed by atoms with van der Waals surface area (Å²) in [6, 6.07) is 5.92. The fraction of sp³-hybridized carbons (Fsp3) is 0.385. The fourth-order valence-corrected chi connectivity index (χ4v) is 2.25. The van der Waals surface area contributed by atoms with Crippen LogP contribution in [0.3, 0.4) is 0 Å². The highest BCUT2D eigenvalue weighted by atomic mass is 16.4. The molecule has 0 saturated carbocycles. The van der Waals surface area contributed by atoms with Gasteiger partial charge < -0.3 is 5.11 Å². The lowest BCUT2D eigenvalue weighted by atomic mass is 9.80. The van der Waals surface area contributed by atoms with Gasteiger partial charge in [0.05, 0.1) is 18.1 Å². The average molecular weight is 232 g/mol. The molecule has 0 radical (unpaired) electrons. The van der Waals surface area contributed by atoms with E-state index in [1.807, 2.05) is 39.1 Å². The number of aliphatic carboxylic acids is 1. The van der Waals surface area contributed by atoms with Crippen molar-refractivity contribution in [2.45, 2.75) is 25.7 Å². The van der Waals surface area contributed by atoms with Gasteiger partial charge >= 0.3 is 5.97 Å². The number of carboxylic acid groups (broad SMARTS) is 1. The fourth-order valence-electron chi connectivity index (χ4n) is 2.25. The molecule has 0 atom stereocenters. The Bertz CT molecular complexity index is 570. The molecule has 2 rings (SSSR count). The first kappa shape index (κ1) is 11.6. The van der Waals surface area contributed by atoms with Crippen LogP contribution in [0.2, 0.25) is 0 Å². The zero-order chi connectivity index (χ0) is 12.6. The first-order valence-corrected chi connectivity index (χ1v) is 5.55. The molecule has 0 saturated heterocycles. The Morgan fingerprint density at radius 1 is 1.47 bits per heavy atom. The zero-order valence-electron chi connectivity index (χ0n) is 10.3. The third-order valence-corrected chi connectivity index (χ3v) is 3.08. The molecule has 0 fully saturated rings. The van der Waals surface area contributed by atoms with E-state index in [1.54, 1.807) is 10.9 Å². The molecule has 0 aliphatic rings. The summed E-state index contributed by atoms with van der Waals surface area (Å²) in [7, 11) is 1.88. The molecule has 1 aromatic heterocycles. The summed E-state index contributed by atoms with van der Waals surface area (Å²) < 4.78 is 1.80. The highest BCUT2D eigenvalue weighted by Crippen LogP contribution is 2.32. The number of aromatic nitrogens is 2. The van der Waals surface area contributed by atoms with Crippen molar-refractivity contribution in [3.8, 4) is 0 Å². The predicted octanol–water partition coefficient (Wildman–Crippen LogP) is 2.33. The normalized spacial score (nSPS) is 11.9. The topological polar surface area (TPSA) is 55.1 Å². The van der Waals surface area contributed by atoms with Crippen molar-refractivity contribution in [3.05, 3.63) is 30.0 Å². The molecule has 0 amide bonds. The molecule has 2 aromatic rings. The monoisotopic (exact) mass is 232 g/mol. The van der Waals surface area contributed by atoms with E-state index < -0.39 is 11.4 Å². The Morgan fingerprint density at radius 3 is 2.82 bits per heavy atom. The number of aryl methyl sites for hydroxylation is 1. The Hall–Kier alpha value is -1.84. The Balaban J connectivity index is 2.61. The minimum absolute atomic E-state index is 0.108.